The van der Waals surface area contributed by atoms with Crippen LogP contribution in [0.3, 0.4) is 0 Å². The first-order valence-corrected chi connectivity index (χ1v) is 6.08. The summed E-state index contributed by atoms with van der Waals surface area (Å²) in [5, 5.41) is 6.85. The van der Waals surface area contributed by atoms with Crippen molar-refractivity contribution in [3.8, 4) is 0 Å². The van der Waals surface area contributed by atoms with Gasteiger partial charge in [-0.25, -0.2) is 0 Å². The molecule has 1 aromatic rings. The minimum atomic E-state index is -0.367. The topological polar surface area (TPSA) is 67.2 Å². The minimum absolute atomic E-state index is 0.367. The number of primary amides is 1. The maximum absolute atomic E-state index is 11.1. The fourth-order valence-corrected chi connectivity index (χ4v) is 2.12. The summed E-state index contributed by atoms with van der Waals surface area (Å²) < 4.78 is 0. The van der Waals surface area contributed by atoms with Gasteiger partial charge in [0.25, 0.3) is 0 Å². The first-order chi connectivity index (χ1) is 8.25. The van der Waals surface area contributed by atoms with E-state index in [4.69, 9.17) is 5.73 Å². The van der Waals surface area contributed by atoms with Crippen LogP contribution in [-0.2, 0) is 6.54 Å². The van der Waals surface area contributed by atoms with Gasteiger partial charge in [0.2, 0.25) is 5.91 Å². The molecule has 0 saturated carbocycles. The van der Waals surface area contributed by atoms with Crippen molar-refractivity contribution in [3.63, 3.8) is 0 Å². The number of nitrogens with one attached hydrogen (secondary N) is 2. The Hall–Kier alpha value is -1.39. The summed E-state index contributed by atoms with van der Waals surface area (Å²) in [5.41, 5.74) is 6.94. The average molecular weight is 233 g/mol. The van der Waals surface area contributed by atoms with E-state index in [2.05, 4.69) is 10.6 Å². The zero-order chi connectivity index (χ0) is 12.1. The molecule has 17 heavy (non-hydrogen) atoms. The number of nitrogens with two attached hydrogens (primary N) is 1. The van der Waals surface area contributed by atoms with Crippen molar-refractivity contribution >= 4 is 5.91 Å². The van der Waals surface area contributed by atoms with E-state index in [0.29, 0.717) is 11.6 Å². The lowest BCUT2D eigenvalue weighted by molar-refractivity contribution is 0.1000. The highest BCUT2D eigenvalue weighted by Gasteiger charge is 2.11. The number of amides is 1. The molecule has 0 aromatic heterocycles. The molecule has 1 fully saturated rings. The van der Waals surface area contributed by atoms with Gasteiger partial charge >= 0.3 is 0 Å². The maximum Gasteiger partial charge on any atom is 0.248 e. The SMILES string of the molecule is NC(=O)c1cccc(CNC2CCNCC2)c1. The van der Waals surface area contributed by atoms with E-state index in [1.807, 2.05) is 18.2 Å². The highest BCUT2D eigenvalue weighted by atomic mass is 16.1. The number of piperidine rings is 1. The van der Waals surface area contributed by atoms with Gasteiger partial charge in [-0.3, -0.25) is 4.79 Å². The summed E-state index contributed by atoms with van der Waals surface area (Å²) in [5.74, 6) is -0.367. The van der Waals surface area contributed by atoms with E-state index < -0.39 is 0 Å². The molecular weight excluding hydrogens is 214 g/mol. The molecule has 0 bridgehead atoms. The second-order valence-corrected chi connectivity index (χ2v) is 4.47. The Bertz CT molecular complexity index is 386. The maximum atomic E-state index is 11.1. The molecule has 0 aliphatic carbocycles. The monoisotopic (exact) mass is 233 g/mol. The van der Waals surface area contributed by atoms with Crippen LogP contribution in [0, 0.1) is 0 Å². The van der Waals surface area contributed by atoms with E-state index in [1.165, 1.54) is 0 Å². The largest absolute Gasteiger partial charge is 0.366 e. The van der Waals surface area contributed by atoms with Gasteiger partial charge in [-0.2, -0.15) is 0 Å². The predicted molar refractivity (Wildman–Crippen MR) is 67.7 cm³/mol. The molecule has 1 aromatic carbocycles. The van der Waals surface area contributed by atoms with Crippen molar-refractivity contribution < 1.29 is 4.79 Å². The molecule has 4 nitrogen and oxygen atoms in total. The first kappa shape index (κ1) is 12.1. The third-order valence-electron chi connectivity index (χ3n) is 3.15. The summed E-state index contributed by atoms with van der Waals surface area (Å²) in [4.78, 5) is 11.1. The van der Waals surface area contributed by atoms with Gasteiger partial charge in [0, 0.05) is 18.2 Å². The van der Waals surface area contributed by atoms with Crippen LogP contribution >= 0.6 is 0 Å². The summed E-state index contributed by atoms with van der Waals surface area (Å²) in [6, 6.07) is 8.07. The summed E-state index contributed by atoms with van der Waals surface area (Å²) in [6.07, 6.45) is 2.32. The van der Waals surface area contributed by atoms with Crippen molar-refractivity contribution in [3.05, 3.63) is 35.4 Å². The Balaban J connectivity index is 1.89. The van der Waals surface area contributed by atoms with Crippen molar-refractivity contribution in [2.45, 2.75) is 25.4 Å². The lowest BCUT2D eigenvalue weighted by atomic mass is 10.1. The number of hydrogen-bond donors (Lipinski definition) is 3. The molecule has 1 saturated heterocycles. The van der Waals surface area contributed by atoms with Gasteiger partial charge in [0.1, 0.15) is 0 Å². The summed E-state index contributed by atoms with van der Waals surface area (Å²) in [6.45, 7) is 2.96. The summed E-state index contributed by atoms with van der Waals surface area (Å²) in [7, 11) is 0. The van der Waals surface area contributed by atoms with Crippen molar-refractivity contribution in [2.24, 2.45) is 5.73 Å². The van der Waals surface area contributed by atoms with Crippen LogP contribution in [-0.4, -0.2) is 25.0 Å². The van der Waals surface area contributed by atoms with Gasteiger partial charge in [0.15, 0.2) is 0 Å². The van der Waals surface area contributed by atoms with Gasteiger partial charge in [-0.05, 0) is 43.6 Å². The van der Waals surface area contributed by atoms with Gasteiger partial charge < -0.3 is 16.4 Å². The highest BCUT2D eigenvalue weighted by Crippen LogP contribution is 2.07. The molecule has 1 aliphatic rings. The number of rotatable bonds is 4. The Morgan fingerprint density at radius 3 is 2.88 bits per heavy atom. The van der Waals surface area contributed by atoms with Gasteiger partial charge in [-0.15, -0.1) is 0 Å². The van der Waals surface area contributed by atoms with E-state index in [-0.39, 0.29) is 5.91 Å². The van der Waals surface area contributed by atoms with Gasteiger partial charge in [-0.1, -0.05) is 12.1 Å². The Kier molecular flexibility index (Phi) is 4.12. The average Bonchev–Trinajstić information content (AvgIpc) is 2.38. The second-order valence-electron chi connectivity index (χ2n) is 4.47. The van der Waals surface area contributed by atoms with E-state index in [0.717, 1.165) is 38.0 Å². The standard InChI is InChI=1S/C13H19N3O/c14-13(17)11-3-1-2-10(8-11)9-16-12-4-6-15-7-5-12/h1-3,8,12,15-16H,4-7,9H2,(H2,14,17). The van der Waals surface area contributed by atoms with Crippen molar-refractivity contribution in [1.82, 2.24) is 10.6 Å². The molecule has 1 heterocycles. The predicted octanol–water partition coefficient (Wildman–Crippen LogP) is 0.627. The van der Waals surface area contributed by atoms with Gasteiger partial charge in [0.05, 0.1) is 0 Å². The van der Waals surface area contributed by atoms with E-state index >= 15 is 0 Å². The third-order valence-corrected chi connectivity index (χ3v) is 3.15. The molecule has 4 heteroatoms. The first-order valence-electron chi connectivity index (χ1n) is 6.08. The summed E-state index contributed by atoms with van der Waals surface area (Å²) >= 11 is 0. The normalized spacial score (nSPS) is 16.9. The van der Waals surface area contributed by atoms with Crippen molar-refractivity contribution in [2.75, 3.05) is 13.1 Å². The fraction of sp³-hybridized carbons (Fsp3) is 0.462. The van der Waals surface area contributed by atoms with E-state index in [1.54, 1.807) is 6.07 Å². The molecule has 0 atom stereocenters. The zero-order valence-electron chi connectivity index (χ0n) is 9.91. The van der Waals surface area contributed by atoms with Crippen LogP contribution in [0.1, 0.15) is 28.8 Å². The Labute approximate surface area is 102 Å². The molecule has 0 spiro atoms. The van der Waals surface area contributed by atoms with Crippen LogP contribution in [0.25, 0.3) is 0 Å². The molecule has 0 radical (unpaired) electrons. The number of hydrogen-bond acceptors (Lipinski definition) is 3. The molecule has 0 unspecified atom stereocenters. The lowest BCUT2D eigenvalue weighted by Crippen LogP contribution is -2.39. The van der Waals surface area contributed by atoms with Crippen LogP contribution < -0.4 is 16.4 Å². The van der Waals surface area contributed by atoms with Crippen LogP contribution in [0.2, 0.25) is 0 Å². The Morgan fingerprint density at radius 1 is 1.41 bits per heavy atom. The quantitative estimate of drug-likeness (QED) is 0.714. The molecule has 92 valence electrons. The number of benzene rings is 1. The minimum Gasteiger partial charge on any atom is -0.366 e. The molecule has 1 aliphatic heterocycles. The van der Waals surface area contributed by atoms with E-state index in [9.17, 15) is 4.79 Å². The molecular formula is C13H19N3O. The molecule has 1 amide bonds. The smallest absolute Gasteiger partial charge is 0.248 e. The zero-order valence-corrected chi connectivity index (χ0v) is 9.91. The van der Waals surface area contributed by atoms with Crippen LogP contribution in [0.4, 0.5) is 0 Å². The highest BCUT2D eigenvalue weighted by molar-refractivity contribution is 5.92. The Morgan fingerprint density at radius 2 is 2.18 bits per heavy atom. The molecule has 4 N–H and O–H groups in total. The number of carbonyl (C=O) groups is 1. The molecule has 2 rings (SSSR count). The fourth-order valence-electron chi connectivity index (χ4n) is 2.12. The van der Waals surface area contributed by atoms with Crippen molar-refractivity contribution in [1.29, 1.82) is 0 Å². The third kappa shape index (κ3) is 3.54. The number of carbonyl (C=O) groups excluding carboxylic acids is 1. The van der Waals surface area contributed by atoms with Crippen LogP contribution in [0.5, 0.6) is 0 Å². The lowest BCUT2D eigenvalue weighted by Gasteiger charge is -2.23. The van der Waals surface area contributed by atoms with Crippen LogP contribution in [0.15, 0.2) is 24.3 Å². The second kappa shape index (κ2) is 5.80.